The fourth-order valence-electron chi connectivity index (χ4n) is 2.78. The first kappa shape index (κ1) is 22.0. The van der Waals surface area contributed by atoms with Crippen molar-refractivity contribution in [3.05, 3.63) is 76.9 Å². The summed E-state index contributed by atoms with van der Waals surface area (Å²) in [4.78, 5) is 24.5. The molecule has 0 aliphatic carbocycles. The maximum Gasteiger partial charge on any atom is 0.278 e. The van der Waals surface area contributed by atoms with Gasteiger partial charge in [-0.05, 0) is 17.7 Å². The number of benzene rings is 1. The van der Waals surface area contributed by atoms with Crippen LogP contribution in [0.3, 0.4) is 0 Å². The molecule has 0 saturated carbocycles. The molecule has 1 radical (unpaired) electrons. The van der Waals surface area contributed by atoms with Crippen LogP contribution in [0, 0.1) is 6.54 Å². The first-order chi connectivity index (χ1) is 13.0. The molecule has 0 bridgehead atoms. The minimum Gasteiger partial charge on any atom is -0.500 e. The van der Waals surface area contributed by atoms with Crippen molar-refractivity contribution in [3.63, 3.8) is 0 Å². The molecule has 0 atom stereocenters. The monoisotopic (exact) mass is 454 g/mol. The van der Waals surface area contributed by atoms with E-state index in [0.717, 1.165) is 11.1 Å². The van der Waals surface area contributed by atoms with Crippen LogP contribution >= 0.6 is 0 Å². The van der Waals surface area contributed by atoms with E-state index in [9.17, 15) is 9.59 Å². The molecule has 1 amide bonds. The summed E-state index contributed by atoms with van der Waals surface area (Å²) in [5, 5.41) is 6.76. The summed E-state index contributed by atoms with van der Waals surface area (Å²) in [5.74, 6) is 0.288. The zero-order valence-corrected chi connectivity index (χ0v) is 18.9. The number of hydrogen-bond acceptors (Lipinski definition) is 4. The maximum absolute atomic E-state index is 12.4. The first-order valence-corrected chi connectivity index (χ1v) is 8.44. The molecule has 0 spiro atoms. The number of nitrogens with one attached hydrogen (secondary N) is 1. The number of methoxy groups -OCH3 is 1. The van der Waals surface area contributed by atoms with Crippen molar-refractivity contribution in [2.24, 2.45) is 14.1 Å². The zero-order chi connectivity index (χ0) is 19.4. The Bertz CT molecular complexity index is 1010. The molecule has 1 N–H and O–H groups in total. The average Bonchev–Trinajstić information content (AvgIpc) is 3.10. The first-order valence-electron chi connectivity index (χ1n) is 8.44. The van der Waals surface area contributed by atoms with Crippen LogP contribution in [-0.2, 0) is 53.2 Å². The third-order valence-corrected chi connectivity index (χ3v) is 4.31. The van der Waals surface area contributed by atoms with Gasteiger partial charge in [0.15, 0.2) is 5.75 Å². The Labute approximate surface area is 188 Å². The van der Waals surface area contributed by atoms with E-state index < -0.39 is 0 Å². The van der Waals surface area contributed by atoms with E-state index in [2.05, 4.69) is 10.4 Å². The molecule has 0 aliphatic heterocycles. The smallest absolute Gasteiger partial charge is 0.278 e. The van der Waals surface area contributed by atoms with Crippen molar-refractivity contribution in [1.29, 1.82) is 0 Å². The molecule has 0 fully saturated rings. The van der Waals surface area contributed by atoms with Gasteiger partial charge in [-0.1, -0.05) is 29.8 Å². The molecule has 1 aromatic carbocycles. The third kappa shape index (κ3) is 4.77. The van der Waals surface area contributed by atoms with Crippen LogP contribution in [0.5, 0.6) is 5.75 Å². The van der Waals surface area contributed by atoms with Crippen molar-refractivity contribution in [2.75, 3.05) is 7.11 Å². The second-order valence-electron chi connectivity index (χ2n) is 6.10. The number of carbonyl (C=O) groups excluding carboxylic acids is 1. The molecule has 7 nitrogen and oxygen atoms in total. The van der Waals surface area contributed by atoms with Gasteiger partial charge in [0, 0.05) is 53.0 Å². The molecule has 3 rings (SSSR count). The second-order valence-corrected chi connectivity index (χ2v) is 6.10. The van der Waals surface area contributed by atoms with Gasteiger partial charge in [-0.15, -0.1) is 6.42 Å². The van der Waals surface area contributed by atoms with E-state index in [1.165, 1.54) is 18.0 Å². The van der Waals surface area contributed by atoms with Gasteiger partial charge in [0.05, 0.1) is 18.9 Å². The summed E-state index contributed by atoms with van der Waals surface area (Å²) in [6.07, 6.45) is 3.92. The zero-order valence-electron chi connectivity index (χ0n) is 16.0. The Morgan fingerprint density at radius 3 is 2.54 bits per heavy atom. The molecule has 28 heavy (non-hydrogen) atoms. The Morgan fingerprint density at radius 2 is 1.93 bits per heavy atom. The molecule has 0 saturated heterocycles. The summed E-state index contributed by atoms with van der Waals surface area (Å²) in [5.41, 5.74) is 2.62. The largest absolute Gasteiger partial charge is 0.500 e. The van der Waals surface area contributed by atoms with Gasteiger partial charge >= 0.3 is 0 Å². The number of hydrogen-bond donors (Lipinski definition) is 1. The number of amides is 1. The third-order valence-electron chi connectivity index (χ3n) is 4.31. The van der Waals surface area contributed by atoms with Gasteiger partial charge in [-0.25, -0.2) is 11.2 Å². The number of aryl methyl sites for hydroxylation is 2. The average molecular weight is 454 g/mol. The molecule has 143 valence electrons. The van der Waals surface area contributed by atoms with Crippen molar-refractivity contribution < 1.29 is 42.2 Å². The molecule has 3 aromatic rings. The van der Waals surface area contributed by atoms with Crippen LogP contribution in [0.4, 0.5) is 0 Å². The molecule has 0 unspecified atom stereocenters. The van der Waals surface area contributed by atoms with Gasteiger partial charge in [0.25, 0.3) is 5.56 Å². The summed E-state index contributed by atoms with van der Waals surface area (Å²) in [6, 6.07) is 11.1. The van der Waals surface area contributed by atoms with E-state index in [1.807, 2.05) is 43.6 Å². The number of aromatic nitrogens is 3. The molecule has 2 aromatic heterocycles. The van der Waals surface area contributed by atoms with E-state index in [4.69, 9.17) is 4.74 Å². The molecular weight excluding hydrogens is 433 g/mol. The Morgan fingerprint density at radius 1 is 1.21 bits per heavy atom. The van der Waals surface area contributed by atoms with Crippen molar-refractivity contribution >= 4 is 5.91 Å². The predicted octanol–water partition coefficient (Wildman–Crippen LogP) is 1.93. The van der Waals surface area contributed by atoms with Crippen LogP contribution in [0.25, 0.3) is 11.1 Å². The van der Waals surface area contributed by atoms with Crippen molar-refractivity contribution in [2.45, 2.75) is 6.42 Å². The van der Waals surface area contributed by atoms with Crippen LogP contribution in [0.1, 0.15) is 16.1 Å². The minimum absolute atomic E-state index is 0. The molecule has 2 heterocycles. The molecular formula is C20H21N4O3Y-. The van der Waals surface area contributed by atoms with Gasteiger partial charge < -0.3 is 14.6 Å². The van der Waals surface area contributed by atoms with E-state index >= 15 is 0 Å². The van der Waals surface area contributed by atoms with Crippen molar-refractivity contribution in [1.82, 2.24) is 19.7 Å². The Balaban J connectivity index is 0.00000280. The Kier molecular flexibility index (Phi) is 7.72. The van der Waals surface area contributed by atoms with E-state index in [0.29, 0.717) is 23.4 Å². The topological polar surface area (TPSA) is 78.2 Å². The maximum atomic E-state index is 12.4. The summed E-state index contributed by atoms with van der Waals surface area (Å²) >= 11 is 0. The molecule has 8 heteroatoms. The van der Waals surface area contributed by atoms with Gasteiger partial charge in [-0.3, -0.25) is 9.59 Å². The fraction of sp³-hybridized carbons (Fsp3) is 0.200. The van der Waals surface area contributed by atoms with Crippen molar-refractivity contribution in [3.8, 4) is 16.9 Å². The number of ether oxygens (including phenoxy) is 1. The van der Waals surface area contributed by atoms with Gasteiger partial charge in [0.2, 0.25) is 5.91 Å². The normalized spacial score (nSPS) is 10.2. The number of rotatable bonds is 6. The standard InChI is InChI=1S/C20H21N4O3.Y/c1-23-12-4-5-16(23)19(25)21-11-10-14-6-8-15(9-7-14)18-17(27-3)13-22-24(2)20(18)26;/h4-9,11-13H,10H2,1-3H3,(H,21,25);/q-1;. The minimum atomic E-state index is -0.219. The summed E-state index contributed by atoms with van der Waals surface area (Å²) in [6.45, 7) is 1.72. The van der Waals surface area contributed by atoms with E-state index in [1.54, 1.807) is 24.2 Å². The fourth-order valence-corrected chi connectivity index (χ4v) is 2.78. The number of carbonyl (C=O) groups is 1. The van der Waals surface area contributed by atoms with E-state index in [-0.39, 0.29) is 44.2 Å². The van der Waals surface area contributed by atoms with Gasteiger partial charge in [0.1, 0.15) is 5.69 Å². The SMILES string of the molecule is COc1cnn(C)c(=O)c1-c1ccc(C[CH-]NC(=O)c2cccn2C)cc1.[Y]. The Hall–Kier alpha value is -2.25. The summed E-state index contributed by atoms with van der Waals surface area (Å²) in [7, 11) is 4.94. The van der Waals surface area contributed by atoms with Crippen LogP contribution < -0.4 is 15.6 Å². The van der Waals surface area contributed by atoms with Crippen LogP contribution in [0.15, 0.2) is 53.6 Å². The second kappa shape index (κ2) is 9.80. The quantitative estimate of drug-likeness (QED) is 0.578. The van der Waals surface area contributed by atoms with Crippen LogP contribution in [-0.4, -0.2) is 27.4 Å². The molecule has 0 aliphatic rings. The summed E-state index contributed by atoms with van der Waals surface area (Å²) < 4.78 is 8.31. The predicted molar refractivity (Wildman–Crippen MR) is 102 cm³/mol. The number of nitrogens with zero attached hydrogens (tertiary/aromatic N) is 3. The van der Waals surface area contributed by atoms with Crippen LogP contribution in [0.2, 0.25) is 0 Å². The van der Waals surface area contributed by atoms with Gasteiger partial charge in [-0.2, -0.15) is 5.10 Å².